The predicted molar refractivity (Wildman–Crippen MR) is 206 cm³/mol. The minimum atomic E-state index is -0.860. The third kappa shape index (κ3) is 7.16. The van der Waals surface area contributed by atoms with Crippen LogP contribution in [0.25, 0.3) is 44.6 Å². The summed E-state index contributed by atoms with van der Waals surface area (Å²) >= 11 is 0. The van der Waals surface area contributed by atoms with Gasteiger partial charge in [0.15, 0.2) is 11.6 Å². The summed E-state index contributed by atoms with van der Waals surface area (Å²) in [5, 5.41) is 20.2. The molecule has 6 aromatic heterocycles. The smallest absolute Gasteiger partial charge is 0.307 e. The number of nitrogens with zero attached hydrogens (tertiary/aromatic N) is 4. The number of aliphatic carboxylic acids is 2. The SMILES string of the molecule is O=C(O)[C@@H]1C2CCC(CC2)[C@H]1Cc1nc(-c2c[nH]c3ncc(F)cc23)c(F)cc1F.O=C(O)[C@H]1C2CCC(CC2)[C@@H]1Cc1nc(-c2c[nH]c3ncc(F)cc23)c(F)cc1F. The zero-order valence-electron chi connectivity index (χ0n) is 32.1. The highest BCUT2D eigenvalue weighted by molar-refractivity contribution is 5.93. The van der Waals surface area contributed by atoms with Crippen molar-refractivity contribution < 1.29 is 46.1 Å². The number of nitrogens with one attached hydrogen (secondary N) is 2. The van der Waals surface area contributed by atoms with Gasteiger partial charge in [-0.3, -0.25) is 9.59 Å². The zero-order valence-corrected chi connectivity index (χ0v) is 32.1. The summed E-state index contributed by atoms with van der Waals surface area (Å²) in [5.41, 5.74) is 1.22. The van der Waals surface area contributed by atoms with Crippen molar-refractivity contribution in [1.82, 2.24) is 29.9 Å². The van der Waals surface area contributed by atoms with Crippen molar-refractivity contribution in [3.63, 3.8) is 0 Å². The maximum Gasteiger partial charge on any atom is 0.307 e. The van der Waals surface area contributed by atoms with E-state index in [9.17, 15) is 46.1 Å². The maximum atomic E-state index is 14.6. The summed E-state index contributed by atoms with van der Waals surface area (Å²) in [5.74, 6) is -7.04. The van der Waals surface area contributed by atoms with Gasteiger partial charge in [-0.15, -0.1) is 0 Å². The van der Waals surface area contributed by atoms with Gasteiger partial charge in [0, 0.05) is 46.4 Å². The predicted octanol–water partition coefficient (Wildman–Crippen LogP) is 9.44. The standard InChI is InChI=1S/2C22H20F3N3O2/c2*23-12-5-14-15(9-27-21(14)26-8-12)20-17(25)7-16(24)18(28-20)6-13-10-1-3-11(4-2-10)19(13)22(29)30/h2*5,7-11,13,19H,1-4,6H2,(H,26,27)(H,29,30)/t2*10?,11?,13-,19-/m10/s1. The minimum absolute atomic E-state index is 0.0499. The fourth-order valence-corrected chi connectivity index (χ4v) is 11.0. The summed E-state index contributed by atoms with van der Waals surface area (Å²) in [7, 11) is 0. The number of carbonyl (C=O) groups is 2. The monoisotopic (exact) mass is 830 g/mol. The molecule has 4 atom stereocenters. The third-order valence-corrected chi connectivity index (χ3v) is 13.7. The molecule has 0 saturated heterocycles. The number of pyridine rings is 4. The Bertz CT molecular complexity index is 2460. The van der Waals surface area contributed by atoms with Crippen LogP contribution < -0.4 is 0 Å². The van der Waals surface area contributed by atoms with Crippen LogP contribution in [0, 0.1) is 82.2 Å². The molecule has 12 rings (SSSR count). The molecule has 6 aliphatic rings. The molecule has 0 unspecified atom stereocenters. The summed E-state index contributed by atoms with van der Waals surface area (Å²) in [4.78, 5) is 45.8. The van der Waals surface area contributed by atoms with Crippen LogP contribution in [-0.4, -0.2) is 52.1 Å². The highest BCUT2D eigenvalue weighted by atomic mass is 19.2. The summed E-state index contributed by atoms with van der Waals surface area (Å²) in [6, 6.07) is 4.00. The topological polar surface area (TPSA) is 158 Å². The minimum Gasteiger partial charge on any atom is -0.481 e. The molecule has 60 heavy (non-hydrogen) atoms. The number of carboxylic acids is 2. The van der Waals surface area contributed by atoms with E-state index in [1.807, 2.05) is 0 Å². The third-order valence-electron chi connectivity index (χ3n) is 13.7. The van der Waals surface area contributed by atoms with Gasteiger partial charge in [-0.05, 0) is 112 Å². The Morgan fingerprint density at radius 3 is 1.28 bits per heavy atom. The number of hydrogen-bond acceptors (Lipinski definition) is 6. The molecule has 0 aliphatic heterocycles. The van der Waals surface area contributed by atoms with E-state index in [0.717, 1.165) is 75.9 Å². The van der Waals surface area contributed by atoms with E-state index < -0.39 is 58.7 Å². The van der Waals surface area contributed by atoms with Gasteiger partial charge in [-0.1, -0.05) is 0 Å². The fraction of sp³-hybridized carbons (Fsp3) is 0.409. The first-order valence-corrected chi connectivity index (χ1v) is 20.3. The number of H-pyrrole nitrogens is 2. The molecule has 312 valence electrons. The summed E-state index contributed by atoms with van der Waals surface area (Å²) in [6.45, 7) is 0. The van der Waals surface area contributed by atoms with Gasteiger partial charge in [0.05, 0.1) is 35.6 Å². The second-order valence-corrected chi connectivity index (χ2v) is 16.8. The van der Waals surface area contributed by atoms with Gasteiger partial charge in [0.25, 0.3) is 0 Å². The van der Waals surface area contributed by atoms with Crippen LogP contribution in [0.4, 0.5) is 26.3 Å². The first-order chi connectivity index (χ1) is 28.8. The Morgan fingerprint density at radius 1 is 0.550 bits per heavy atom. The number of aromatic nitrogens is 6. The Hall–Kier alpha value is -5.80. The van der Waals surface area contributed by atoms with E-state index >= 15 is 0 Å². The molecule has 16 heteroatoms. The Morgan fingerprint density at radius 2 is 0.917 bits per heavy atom. The first kappa shape index (κ1) is 39.6. The average Bonchev–Trinajstić information content (AvgIpc) is 3.84. The molecule has 6 fully saturated rings. The molecule has 0 aromatic carbocycles. The second kappa shape index (κ2) is 15.7. The van der Waals surface area contributed by atoms with Crippen LogP contribution >= 0.6 is 0 Å². The molecule has 6 aromatic rings. The van der Waals surface area contributed by atoms with E-state index in [0.29, 0.717) is 22.1 Å². The molecular weight excluding hydrogens is 791 g/mol. The van der Waals surface area contributed by atoms with Crippen LogP contribution in [0.5, 0.6) is 0 Å². The molecule has 0 spiro atoms. The van der Waals surface area contributed by atoms with Crippen LogP contribution in [-0.2, 0) is 22.4 Å². The number of fused-ring (bicyclic) bond motifs is 8. The molecule has 6 heterocycles. The van der Waals surface area contributed by atoms with Gasteiger partial charge in [-0.25, -0.2) is 46.3 Å². The molecule has 6 saturated carbocycles. The molecule has 0 amide bonds. The average molecular weight is 831 g/mol. The Labute approximate surface area is 338 Å². The van der Waals surface area contributed by atoms with Crippen molar-refractivity contribution >= 4 is 34.0 Å². The van der Waals surface area contributed by atoms with Crippen LogP contribution in [0.15, 0.2) is 49.1 Å². The van der Waals surface area contributed by atoms with Gasteiger partial charge in [0.1, 0.15) is 46.0 Å². The lowest BCUT2D eigenvalue weighted by Crippen LogP contribution is -2.45. The molecule has 10 nitrogen and oxygen atoms in total. The summed E-state index contributed by atoms with van der Waals surface area (Å²) < 4.78 is 85.9. The van der Waals surface area contributed by atoms with Gasteiger partial charge >= 0.3 is 11.9 Å². The van der Waals surface area contributed by atoms with Crippen LogP contribution in [0.3, 0.4) is 0 Å². The van der Waals surface area contributed by atoms with Crippen molar-refractivity contribution in [1.29, 1.82) is 0 Å². The van der Waals surface area contributed by atoms with E-state index in [1.54, 1.807) is 0 Å². The lowest BCUT2D eigenvalue weighted by atomic mass is 9.57. The second-order valence-electron chi connectivity index (χ2n) is 16.8. The fourth-order valence-electron chi connectivity index (χ4n) is 11.0. The highest BCUT2D eigenvalue weighted by Crippen LogP contribution is 2.51. The number of aromatic amines is 2. The normalized spacial score (nSPS) is 25.7. The molecule has 4 bridgehead atoms. The number of hydrogen-bond donors (Lipinski definition) is 4. The van der Waals surface area contributed by atoms with Gasteiger partial charge in [-0.2, -0.15) is 0 Å². The lowest BCUT2D eigenvalue weighted by Gasteiger charge is -2.46. The molecule has 0 radical (unpaired) electrons. The van der Waals surface area contributed by atoms with Crippen molar-refractivity contribution in [2.75, 3.05) is 0 Å². The molecular formula is C44H40F6N6O4. The van der Waals surface area contributed by atoms with Crippen LogP contribution in [0.1, 0.15) is 62.8 Å². The van der Waals surface area contributed by atoms with Gasteiger partial charge in [0.2, 0.25) is 0 Å². The lowest BCUT2D eigenvalue weighted by molar-refractivity contribution is -0.153. The quantitative estimate of drug-likeness (QED) is 0.111. The maximum absolute atomic E-state index is 14.6. The van der Waals surface area contributed by atoms with E-state index in [4.69, 9.17) is 0 Å². The Balaban J connectivity index is 0.000000154. The molecule has 6 aliphatic carbocycles. The van der Waals surface area contributed by atoms with E-state index in [1.165, 1.54) is 24.5 Å². The van der Waals surface area contributed by atoms with Crippen molar-refractivity contribution in [3.05, 3.63) is 95.3 Å². The van der Waals surface area contributed by atoms with E-state index in [2.05, 4.69) is 29.9 Å². The number of rotatable bonds is 8. The number of halogens is 6. The van der Waals surface area contributed by atoms with Crippen LogP contribution in [0.2, 0.25) is 0 Å². The number of carboxylic acid groups (broad SMARTS) is 2. The molecule has 4 N–H and O–H groups in total. The highest BCUT2D eigenvalue weighted by Gasteiger charge is 2.48. The van der Waals surface area contributed by atoms with E-state index in [-0.39, 0.29) is 82.3 Å². The zero-order chi connectivity index (χ0) is 42.0. The van der Waals surface area contributed by atoms with Crippen molar-refractivity contribution in [2.24, 2.45) is 47.3 Å². The summed E-state index contributed by atoms with van der Waals surface area (Å²) in [6.07, 6.45) is 12.6. The van der Waals surface area contributed by atoms with Crippen molar-refractivity contribution in [2.45, 2.75) is 64.2 Å². The largest absolute Gasteiger partial charge is 0.481 e. The Kier molecular flexibility index (Phi) is 10.4. The first-order valence-electron chi connectivity index (χ1n) is 20.3. The van der Waals surface area contributed by atoms with Gasteiger partial charge < -0.3 is 20.2 Å². The van der Waals surface area contributed by atoms with Crippen molar-refractivity contribution in [3.8, 4) is 22.5 Å².